The Kier molecular flexibility index (Phi) is 6.90. The number of amides is 1. The number of carbonyl (C=O) groups is 1. The minimum Gasteiger partial charge on any atom is -0.336 e. The van der Waals surface area contributed by atoms with Crippen molar-refractivity contribution in [3.63, 3.8) is 0 Å². The van der Waals surface area contributed by atoms with E-state index in [-0.39, 0.29) is 5.91 Å². The zero-order valence-corrected chi connectivity index (χ0v) is 14.7. The van der Waals surface area contributed by atoms with Gasteiger partial charge in [0.1, 0.15) is 0 Å². The Hall–Kier alpha value is -0.870. The maximum atomic E-state index is 12.3. The van der Waals surface area contributed by atoms with Crippen LogP contribution in [0.5, 0.6) is 0 Å². The summed E-state index contributed by atoms with van der Waals surface area (Å²) < 4.78 is 0. The third-order valence-electron chi connectivity index (χ3n) is 5.06. The zero-order valence-electron chi connectivity index (χ0n) is 14.7. The Morgan fingerprint density at radius 3 is 2.23 bits per heavy atom. The lowest BCUT2D eigenvalue weighted by Crippen LogP contribution is -2.54. The van der Waals surface area contributed by atoms with Crippen LogP contribution >= 0.6 is 0 Å². The summed E-state index contributed by atoms with van der Waals surface area (Å²) in [5, 5.41) is 0. The highest BCUT2D eigenvalue weighted by Gasteiger charge is 2.28. The molecule has 0 aliphatic carbocycles. The highest BCUT2D eigenvalue weighted by atomic mass is 16.2. The molecule has 0 radical (unpaired) electrons. The van der Waals surface area contributed by atoms with Crippen molar-refractivity contribution in [1.82, 2.24) is 14.7 Å². The predicted octanol–water partition coefficient (Wildman–Crippen LogP) is 2.36. The molecule has 1 amide bonds. The highest BCUT2D eigenvalue weighted by Crippen LogP contribution is 2.19. The largest absolute Gasteiger partial charge is 0.336 e. The van der Waals surface area contributed by atoms with Gasteiger partial charge in [-0.25, -0.2) is 0 Å². The molecule has 0 aromatic rings. The molecule has 0 unspecified atom stereocenters. The molecule has 2 heterocycles. The summed E-state index contributed by atoms with van der Waals surface area (Å²) in [5.41, 5.74) is 0.906. The molecule has 2 aliphatic heterocycles. The molecule has 0 atom stereocenters. The van der Waals surface area contributed by atoms with Gasteiger partial charge in [0.2, 0.25) is 5.91 Å². The van der Waals surface area contributed by atoms with E-state index in [4.69, 9.17) is 0 Å². The molecule has 2 saturated heterocycles. The summed E-state index contributed by atoms with van der Waals surface area (Å²) in [5.74, 6) is 0.235. The number of carbonyl (C=O) groups excluding carboxylic acids is 1. The van der Waals surface area contributed by atoms with Crippen molar-refractivity contribution in [3.05, 3.63) is 11.6 Å². The molecular weight excluding hydrogens is 274 g/mol. The topological polar surface area (TPSA) is 26.8 Å². The van der Waals surface area contributed by atoms with Crippen LogP contribution in [0.25, 0.3) is 0 Å². The second kappa shape index (κ2) is 8.68. The number of rotatable bonds is 5. The normalized spacial score (nSPS) is 23.0. The number of hydrogen-bond donors (Lipinski definition) is 0. The van der Waals surface area contributed by atoms with Gasteiger partial charge in [-0.1, -0.05) is 19.9 Å². The number of hydrogen-bond acceptors (Lipinski definition) is 3. The molecule has 22 heavy (non-hydrogen) atoms. The molecular formula is C18H33N3O. The van der Waals surface area contributed by atoms with Crippen LogP contribution in [0.3, 0.4) is 0 Å². The molecule has 2 aliphatic rings. The van der Waals surface area contributed by atoms with Gasteiger partial charge in [-0.15, -0.1) is 0 Å². The van der Waals surface area contributed by atoms with E-state index >= 15 is 0 Å². The van der Waals surface area contributed by atoms with Crippen LogP contribution in [0.1, 0.15) is 46.5 Å². The van der Waals surface area contributed by atoms with Gasteiger partial charge in [0.05, 0.1) is 0 Å². The van der Waals surface area contributed by atoms with Crippen molar-refractivity contribution in [2.24, 2.45) is 0 Å². The second-order valence-corrected chi connectivity index (χ2v) is 6.70. The first kappa shape index (κ1) is 17.5. The van der Waals surface area contributed by atoms with Crippen LogP contribution in [0.4, 0.5) is 0 Å². The summed E-state index contributed by atoms with van der Waals surface area (Å²) in [6, 6.07) is 0.734. The van der Waals surface area contributed by atoms with Gasteiger partial charge in [0.15, 0.2) is 0 Å². The third kappa shape index (κ3) is 4.56. The Bertz CT molecular complexity index is 378. The fourth-order valence-electron chi connectivity index (χ4n) is 3.76. The quantitative estimate of drug-likeness (QED) is 0.730. The molecule has 0 aromatic heterocycles. The lowest BCUT2D eigenvalue weighted by molar-refractivity contribution is -0.129. The van der Waals surface area contributed by atoms with Crippen LogP contribution in [-0.2, 0) is 4.79 Å². The van der Waals surface area contributed by atoms with E-state index in [0.29, 0.717) is 0 Å². The van der Waals surface area contributed by atoms with Crippen molar-refractivity contribution in [2.45, 2.75) is 52.5 Å². The van der Waals surface area contributed by atoms with Crippen LogP contribution in [0.2, 0.25) is 0 Å². The number of allylic oxidation sites excluding steroid dienone is 1. The van der Waals surface area contributed by atoms with Crippen molar-refractivity contribution in [3.8, 4) is 0 Å². The lowest BCUT2D eigenvalue weighted by atomic mass is 10.0. The van der Waals surface area contributed by atoms with Crippen LogP contribution in [0, 0.1) is 0 Å². The SMILES string of the molecule is CC/C=C(\C)C(=O)N1CCN(C2CCN(CCC)CC2)CC1. The highest BCUT2D eigenvalue weighted by molar-refractivity contribution is 5.92. The maximum absolute atomic E-state index is 12.3. The summed E-state index contributed by atoms with van der Waals surface area (Å²) in [6.45, 7) is 13.9. The van der Waals surface area contributed by atoms with Gasteiger partial charge >= 0.3 is 0 Å². The smallest absolute Gasteiger partial charge is 0.249 e. The number of nitrogens with zero attached hydrogens (tertiary/aromatic N) is 3. The Morgan fingerprint density at radius 2 is 1.68 bits per heavy atom. The van der Waals surface area contributed by atoms with E-state index in [1.807, 2.05) is 17.9 Å². The minimum absolute atomic E-state index is 0.235. The average molecular weight is 307 g/mol. The van der Waals surface area contributed by atoms with Crippen molar-refractivity contribution >= 4 is 5.91 Å². The fraction of sp³-hybridized carbons (Fsp3) is 0.833. The molecule has 4 nitrogen and oxygen atoms in total. The molecule has 0 bridgehead atoms. The second-order valence-electron chi connectivity index (χ2n) is 6.70. The first-order valence-corrected chi connectivity index (χ1v) is 9.08. The van der Waals surface area contributed by atoms with Gasteiger partial charge in [-0.05, 0) is 52.2 Å². The number of piperazine rings is 1. The van der Waals surface area contributed by atoms with Gasteiger partial charge in [0, 0.05) is 37.8 Å². The van der Waals surface area contributed by atoms with Gasteiger partial charge in [-0.3, -0.25) is 9.69 Å². The lowest BCUT2D eigenvalue weighted by Gasteiger charge is -2.42. The average Bonchev–Trinajstić information content (AvgIpc) is 2.55. The molecule has 0 saturated carbocycles. The van der Waals surface area contributed by atoms with Crippen LogP contribution < -0.4 is 0 Å². The monoisotopic (exact) mass is 307 g/mol. The predicted molar refractivity (Wildman–Crippen MR) is 92.0 cm³/mol. The molecule has 0 spiro atoms. The Morgan fingerprint density at radius 1 is 1.05 bits per heavy atom. The summed E-state index contributed by atoms with van der Waals surface area (Å²) in [4.78, 5) is 19.6. The number of piperidine rings is 1. The summed E-state index contributed by atoms with van der Waals surface area (Å²) in [6.07, 6.45) is 6.83. The van der Waals surface area contributed by atoms with Crippen LogP contribution in [-0.4, -0.2) is 72.5 Å². The van der Waals surface area contributed by atoms with Gasteiger partial charge < -0.3 is 9.80 Å². The molecule has 2 rings (SSSR count). The first-order valence-electron chi connectivity index (χ1n) is 9.08. The minimum atomic E-state index is 0.235. The van der Waals surface area contributed by atoms with Crippen molar-refractivity contribution in [1.29, 1.82) is 0 Å². The number of likely N-dealkylation sites (tertiary alicyclic amines) is 1. The van der Waals surface area contributed by atoms with E-state index in [1.165, 1.54) is 38.9 Å². The van der Waals surface area contributed by atoms with Gasteiger partial charge in [-0.2, -0.15) is 0 Å². The van der Waals surface area contributed by atoms with Gasteiger partial charge in [0.25, 0.3) is 0 Å². The van der Waals surface area contributed by atoms with E-state index in [9.17, 15) is 4.79 Å². The van der Waals surface area contributed by atoms with Crippen molar-refractivity contribution in [2.75, 3.05) is 45.8 Å². The molecule has 2 fully saturated rings. The Labute approximate surface area is 136 Å². The third-order valence-corrected chi connectivity index (χ3v) is 5.06. The van der Waals surface area contributed by atoms with E-state index in [2.05, 4.69) is 23.6 Å². The van der Waals surface area contributed by atoms with E-state index in [0.717, 1.165) is 44.2 Å². The molecule has 4 heteroatoms. The fourth-order valence-corrected chi connectivity index (χ4v) is 3.76. The first-order chi connectivity index (χ1) is 10.7. The Balaban J connectivity index is 1.76. The zero-order chi connectivity index (χ0) is 15.9. The molecule has 126 valence electrons. The van der Waals surface area contributed by atoms with Crippen molar-refractivity contribution < 1.29 is 4.79 Å². The van der Waals surface area contributed by atoms with E-state index in [1.54, 1.807) is 0 Å². The standard InChI is InChI=1S/C18H33N3O/c1-4-6-16(3)18(22)21-14-12-20(13-15-21)17-7-10-19(9-5-2)11-8-17/h6,17H,4-5,7-15H2,1-3H3/b16-6+. The molecule has 0 N–H and O–H groups in total. The van der Waals surface area contributed by atoms with Crippen LogP contribution in [0.15, 0.2) is 11.6 Å². The summed E-state index contributed by atoms with van der Waals surface area (Å²) in [7, 11) is 0. The molecule has 0 aromatic carbocycles. The van der Waals surface area contributed by atoms with E-state index < -0.39 is 0 Å². The maximum Gasteiger partial charge on any atom is 0.249 e. The summed E-state index contributed by atoms with van der Waals surface area (Å²) >= 11 is 0.